The number of carbonyl (C=O) groups excluding carboxylic acids is 1. The van der Waals surface area contributed by atoms with Gasteiger partial charge < -0.3 is 15.2 Å². The summed E-state index contributed by atoms with van der Waals surface area (Å²) in [4.78, 5) is 11.6. The topological polar surface area (TPSA) is 61.5 Å². The molecule has 1 aromatic carbocycles. The third-order valence-electron chi connectivity index (χ3n) is 2.88. The number of hydrogen-bond donors (Lipinski definition) is 1. The zero-order valence-electron chi connectivity index (χ0n) is 9.94. The van der Waals surface area contributed by atoms with Crippen molar-refractivity contribution in [3.63, 3.8) is 0 Å². The van der Waals surface area contributed by atoms with Gasteiger partial charge in [0.05, 0.1) is 19.3 Å². The third kappa shape index (κ3) is 2.97. The molecule has 1 aliphatic carbocycles. The maximum absolute atomic E-state index is 11.6. The number of nitrogen functional groups attached to an aromatic ring is 1. The van der Waals surface area contributed by atoms with Crippen LogP contribution in [-0.4, -0.2) is 19.7 Å². The lowest BCUT2D eigenvalue weighted by atomic mass is 10.1. The molecule has 0 aliphatic heterocycles. The lowest BCUT2D eigenvalue weighted by Crippen LogP contribution is -2.10. The van der Waals surface area contributed by atoms with E-state index >= 15 is 0 Å². The van der Waals surface area contributed by atoms with Gasteiger partial charge in [0.15, 0.2) is 0 Å². The summed E-state index contributed by atoms with van der Waals surface area (Å²) in [6.07, 6.45) is 2.50. The van der Waals surface area contributed by atoms with Crippen LogP contribution in [0.3, 0.4) is 0 Å². The van der Waals surface area contributed by atoms with Gasteiger partial charge in [0, 0.05) is 12.3 Å². The van der Waals surface area contributed by atoms with Gasteiger partial charge in [0.1, 0.15) is 0 Å². The number of methoxy groups -OCH3 is 1. The lowest BCUT2D eigenvalue weighted by molar-refractivity contribution is 0.0592. The molecule has 1 fully saturated rings. The van der Waals surface area contributed by atoms with Gasteiger partial charge >= 0.3 is 5.97 Å². The van der Waals surface area contributed by atoms with E-state index in [1.807, 2.05) is 12.1 Å². The molecule has 0 aromatic heterocycles. The van der Waals surface area contributed by atoms with Crippen LogP contribution in [0.25, 0.3) is 0 Å². The molecule has 4 heteroatoms. The first kappa shape index (κ1) is 11.9. The first-order chi connectivity index (χ1) is 8.22. The average molecular weight is 235 g/mol. The van der Waals surface area contributed by atoms with Gasteiger partial charge in [-0.2, -0.15) is 0 Å². The molecule has 1 saturated carbocycles. The summed E-state index contributed by atoms with van der Waals surface area (Å²) in [6, 6.07) is 5.35. The number of ether oxygens (including phenoxy) is 2. The van der Waals surface area contributed by atoms with Crippen LogP contribution in [0.5, 0.6) is 0 Å². The van der Waals surface area contributed by atoms with Crippen LogP contribution in [0.1, 0.15) is 28.8 Å². The second-order valence-electron chi connectivity index (χ2n) is 4.33. The Hall–Kier alpha value is -1.55. The second-order valence-corrected chi connectivity index (χ2v) is 4.33. The predicted octanol–water partition coefficient (Wildman–Crippen LogP) is 1.98. The fourth-order valence-corrected chi connectivity index (χ4v) is 1.71. The van der Waals surface area contributed by atoms with E-state index in [2.05, 4.69) is 0 Å². The van der Waals surface area contributed by atoms with Gasteiger partial charge in [-0.3, -0.25) is 0 Å². The molecule has 2 rings (SSSR count). The Bertz CT molecular complexity index is 413. The van der Waals surface area contributed by atoms with Crippen molar-refractivity contribution < 1.29 is 14.3 Å². The molecule has 0 heterocycles. The monoisotopic (exact) mass is 235 g/mol. The van der Waals surface area contributed by atoms with Gasteiger partial charge in [0.25, 0.3) is 0 Å². The van der Waals surface area contributed by atoms with Crippen LogP contribution in [0, 0.1) is 5.92 Å². The van der Waals surface area contributed by atoms with E-state index in [1.165, 1.54) is 20.0 Å². The van der Waals surface area contributed by atoms with Gasteiger partial charge in [-0.15, -0.1) is 0 Å². The van der Waals surface area contributed by atoms with Crippen molar-refractivity contribution in [2.45, 2.75) is 19.4 Å². The normalized spacial score (nSPS) is 14.6. The van der Waals surface area contributed by atoms with Gasteiger partial charge in [-0.25, -0.2) is 4.79 Å². The van der Waals surface area contributed by atoms with E-state index in [1.54, 1.807) is 6.07 Å². The number of nitrogens with two attached hydrogens (primary N) is 1. The van der Waals surface area contributed by atoms with Crippen LogP contribution in [-0.2, 0) is 16.1 Å². The summed E-state index contributed by atoms with van der Waals surface area (Å²) in [7, 11) is 1.35. The predicted molar refractivity (Wildman–Crippen MR) is 64.6 cm³/mol. The Morgan fingerprint density at radius 1 is 1.47 bits per heavy atom. The molecule has 0 bridgehead atoms. The van der Waals surface area contributed by atoms with E-state index < -0.39 is 5.97 Å². The van der Waals surface area contributed by atoms with Crippen molar-refractivity contribution in [3.05, 3.63) is 29.3 Å². The molecule has 0 amide bonds. The molecule has 0 radical (unpaired) electrons. The van der Waals surface area contributed by atoms with Gasteiger partial charge in [0.2, 0.25) is 0 Å². The highest BCUT2D eigenvalue weighted by molar-refractivity contribution is 5.96. The number of rotatable bonds is 5. The standard InChI is InChI=1S/C13H17NO3/c1-16-13(15)12-10(3-2-4-11(12)14)8-17-7-9-5-6-9/h2-4,9H,5-8,14H2,1H3. The third-order valence-corrected chi connectivity index (χ3v) is 2.88. The number of benzene rings is 1. The highest BCUT2D eigenvalue weighted by Crippen LogP contribution is 2.29. The van der Waals surface area contributed by atoms with Gasteiger partial charge in [-0.1, -0.05) is 12.1 Å². The van der Waals surface area contributed by atoms with Crippen molar-refractivity contribution in [3.8, 4) is 0 Å². The number of esters is 1. The fraction of sp³-hybridized carbons (Fsp3) is 0.462. The molecular formula is C13H17NO3. The molecule has 2 N–H and O–H groups in total. The largest absolute Gasteiger partial charge is 0.465 e. The first-order valence-corrected chi connectivity index (χ1v) is 5.75. The van der Waals surface area contributed by atoms with E-state index in [-0.39, 0.29) is 0 Å². The molecule has 1 aromatic rings. The first-order valence-electron chi connectivity index (χ1n) is 5.75. The summed E-state index contributed by atoms with van der Waals surface area (Å²) >= 11 is 0. The molecule has 1 aliphatic rings. The Morgan fingerprint density at radius 2 is 2.24 bits per heavy atom. The summed E-state index contributed by atoms with van der Waals surface area (Å²) < 4.78 is 10.3. The fourth-order valence-electron chi connectivity index (χ4n) is 1.71. The molecule has 17 heavy (non-hydrogen) atoms. The van der Waals surface area contributed by atoms with Crippen LogP contribution in [0.15, 0.2) is 18.2 Å². The van der Waals surface area contributed by atoms with Crippen molar-refractivity contribution in [1.82, 2.24) is 0 Å². The Morgan fingerprint density at radius 3 is 2.88 bits per heavy atom. The number of anilines is 1. The summed E-state index contributed by atoms with van der Waals surface area (Å²) in [5.41, 5.74) is 7.43. The number of carbonyl (C=O) groups is 1. The maximum Gasteiger partial charge on any atom is 0.340 e. The molecule has 0 spiro atoms. The highest BCUT2D eigenvalue weighted by atomic mass is 16.5. The summed E-state index contributed by atoms with van der Waals surface area (Å²) in [5, 5.41) is 0. The minimum absolute atomic E-state index is 0.409. The molecule has 4 nitrogen and oxygen atoms in total. The Kier molecular flexibility index (Phi) is 3.64. The summed E-state index contributed by atoms with van der Waals surface area (Å²) in [6.45, 7) is 1.17. The van der Waals surface area contributed by atoms with Crippen LogP contribution < -0.4 is 5.73 Å². The minimum Gasteiger partial charge on any atom is -0.465 e. The zero-order valence-corrected chi connectivity index (χ0v) is 9.94. The smallest absolute Gasteiger partial charge is 0.340 e. The zero-order chi connectivity index (χ0) is 12.3. The van der Waals surface area contributed by atoms with Crippen molar-refractivity contribution in [1.29, 1.82) is 0 Å². The minimum atomic E-state index is -0.409. The van der Waals surface area contributed by atoms with E-state index in [0.29, 0.717) is 23.8 Å². The Labute approximate surface area is 101 Å². The summed E-state index contributed by atoms with van der Waals surface area (Å²) in [5.74, 6) is 0.297. The Balaban J connectivity index is 2.07. The quantitative estimate of drug-likeness (QED) is 0.626. The molecular weight excluding hydrogens is 218 g/mol. The van der Waals surface area contributed by atoms with E-state index in [0.717, 1.165) is 12.2 Å². The SMILES string of the molecule is COC(=O)c1c(N)cccc1COCC1CC1. The molecule has 92 valence electrons. The average Bonchev–Trinajstić information content (AvgIpc) is 3.12. The van der Waals surface area contributed by atoms with Crippen LogP contribution in [0.2, 0.25) is 0 Å². The van der Waals surface area contributed by atoms with Crippen LogP contribution in [0.4, 0.5) is 5.69 Å². The molecule has 0 saturated heterocycles. The second kappa shape index (κ2) is 5.19. The molecule has 0 unspecified atom stereocenters. The lowest BCUT2D eigenvalue weighted by Gasteiger charge is -2.10. The number of hydrogen-bond acceptors (Lipinski definition) is 4. The van der Waals surface area contributed by atoms with Crippen molar-refractivity contribution in [2.24, 2.45) is 5.92 Å². The van der Waals surface area contributed by atoms with Crippen LogP contribution >= 0.6 is 0 Å². The van der Waals surface area contributed by atoms with E-state index in [4.69, 9.17) is 15.2 Å². The highest BCUT2D eigenvalue weighted by Gasteiger charge is 2.22. The van der Waals surface area contributed by atoms with Crippen molar-refractivity contribution >= 4 is 11.7 Å². The van der Waals surface area contributed by atoms with E-state index in [9.17, 15) is 4.79 Å². The maximum atomic E-state index is 11.6. The molecule has 0 atom stereocenters. The van der Waals surface area contributed by atoms with Gasteiger partial charge in [-0.05, 0) is 30.4 Å². The van der Waals surface area contributed by atoms with Crippen molar-refractivity contribution in [2.75, 3.05) is 19.5 Å².